The zero-order chi connectivity index (χ0) is 13.7. The molecule has 0 bridgehead atoms. The van der Waals surface area contributed by atoms with Crippen molar-refractivity contribution >= 4 is 8.07 Å². The predicted molar refractivity (Wildman–Crippen MR) is 86.9 cm³/mol. The van der Waals surface area contributed by atoms with Crippen molar-refractivity contribution in [3.8, 4) is 23.0 Å². The number of rotatable bonds is 2. The molecule has 0 amide bonds. The lowest BCUT2D eigenvalue weighted by Crippen LogP contribution is -2.17. The molecular formula is C18H20Si. The molecule has 0 nitrogen and oxygen atoms in total. The molecule has 96 valence electrons. The van der Waals surface area contributed by atoms with Gasteiger partial charge in [-0.1, -0.05) is 74.1 Å². The minimum absolute atomic E-state index is 1.05. The van der Waals surface area contributed by atoms with Gasteiger partial charge in [-0.15, -0.1) is 5.92 Å². The van der Waals surface area contributed by atoms with Gasteiger partial charge in [0.15, 0.2) is 0 Å². The van der Waals surface area contributed by atoms with E-state index >= 15 is 0 Å². The van der Waals surface area contributed by atoms with E-state index in [1.165, 1.54) is 11.1 Å². The summed E-state index contributed by atoms with van der Waals surface area (Å²) in [4.78, 5) is 0. The van der Waals surface area contributed by atoms with Gasteiger partial charge in [-0.05, 0) is 17.2 Å². The first-order valence-corrected chi connectivity index (χ1v) is 10.4. The van der Waals surface area contributed by atoms with Gasteiger partial charge in [-0.3, -0.25) is 0 Å². The van der Waals surface area contributed by atoms with Crippen LogP contribution in [-0.2, 0) is 0 Å². The van der Waals surface area contributed by atoms with Gasteiger partial charge in [0.25, 0.3) is 0 Å². The smallest absolute Gasteiger partial charge is 0.0573 e. The molecule has 0 heterocycles. The first kappa shape index (κ1) is 13.6. The summed E-state index contributed by atoms with van der Waals surface area (Å²) >= 11 is 0. The Hall–Kier alpha value is -1.78. The largest absolute Gasteiger partial charge is 0.101 e. The molecule has 0 atom stereocenters. The van der Waals surface area contributed by atoms with E-state index < -0.39 is 8.07 Å². The monoisotopic (exact) mass is 264 g/mol. The van der Waals surface area contributed by atoms with Crippen LogP contribution in [0.2, 0.25) is 25.7 Å². The molecule has 0 saturated heterocycles. The first-order valence-electron chi connectivity index (χ1n) is 6.70. The maximum absolute atomic E-state index is 3.36. The fourth-order valence-electron chi connectivity index (χ4n) is 1.87. The lowest BCUT2D eigenvalue weighted by atomic mass is 10.0. The summed E-state index contributed by atoms with van der Waals surface area (Å²) in [6.45, 7) is 7.06. The molecular weight excluding hydrogens is 244 g/mol. The number of hydrogen-bond acceptors (Lipinski definition) is 0. The Balaban J connectivity index is 2.32. The average Bonchev–Trinajstić information content (AvgIpc) is 2.39. The van der Waals surface area contributed by atoms with Crippen molar-refractivity contribution in [1.29, 1.82) is 0 Å². The van der Waals surface area contributed by atoms with Crippen molar-refractivity contribution in [1.82, 2.24) is 0 Å². The highest BCUT2D eigenvalue weighted by molar-refractivity contribution is 6.76. The van der Waals surface area contributed by atoms with Crippen molar-refractivity contribution in [3.05, 3.63) is 60.2 Å². The van der Waals surface area contributed by atoms with Crippen LogP contribution in [0.25, 0.3) is 11.1 Å². The van der Waals surface area contributed by atoms with Crippen LogP contribution in [0.4, 0.5) is 0 Å². The summed E-state index contributed by atoms with van der Waals surface area (Å²) in [6, 6.07) is 19.9. The van der Waals surface area contributed by atoms with Crippen LogP contribution in [0.3, 0.4) is 0 Å². The molecule has 0 aromatic heterocycles. The van der Waals surface area contributed by atoms with E-state index in [4.69, 9.17) is 0 Å². The molecule has 2 aromatic carbocycles. The first-order chi connectivity index (χ1) is 9.06. The lowest BCUT2D eigenvalue weighted by Gasteiger charge is -2.09. The molecule has 0 aliphatic rings. The van der Waals surface area contributed by atoms with E-state index in [1.807, 2.05) is 6.07 Å². The third-order valence-corrected chi connectivity index (χ3v) is 4.09. The average molecular weight is 264 g/mol. The quantitative estimate of drug-likeness (QED) is 0.526. The lowest BCUT2D eigenvalue weighted by molar-refractivity contribution is 1.55. The van der Waals surface area contributed by atoms with Gasteiger partial charge in [0.2, 0.25) is 0 Å². The fraction of sp³-hybridized carbons (Fsp3) is 0.222. The van der Waals surface area contributed by atoms with Crippen LogP contribution in [-0.4, -0.2) is 8.07 Å². The van der Waals surface area contributed by atoms with Crippen LogP contribution < -0.4 is 0 Å². The topological polar surface area (TPSA) is 0 Å². The third-order valence-electron chi connectivity index (χ3n) is 2.85. The SMILES string of the molecule is C[Si](C)(C)CC#Cc1ccccc1-c1ccccc1. The standard InChI is InChI=1S/C18H20Si/c1-19(2,3)15-9-13-17-12-7-8-14-18(17)16-10-5-4-6-11-16/h4-8,10-12,14H,15H2,1-3H3. The summed E-state index contributed by atoms with van der Waals surface area (Å²) < 4.78 is 0. The highest BCUT2D eigenvalue weighted by atomic mass is 28.3. The molecule has 0 radical (unpaired) electrons. The normalized spacial score (nSPS) is 10.7. The second kappa shape index (κ2) is 5.91. The van der Waals surface area contributed by atoms with E-state index in [0.29, 0.717) is 0 Å². The molecule has 0 unspecified atom stereocenters. The third kappa shape index (κ3) is 4.12. The maximum Gasteiger partial charge on any atom is 0.0573 e. The minimum atomic E-state index is -1.08. The van der Waals surface area contributed by atoms with Crippen LogP contribution in [0.1, 0.15) is 5.56 Å². The molecule has 0 spiro atoms. The van der Waals surface area contributed by atoms with Gasteiger partial charge in [0, 0.05) is 11.6 Å². The van der Waals surface area contributed by atoms with E-state index in [1.54, 1.807) is 0 Å². The summed E-state index contributed by atoms with van der Waals surface area (Å²) in [7, 11) is -1.08. The minimum Gasteiger partial charge on any atom is -0.101 e. The van der Waals surface area contributed by atoms with Crippen LogP contribution in [0, 0.1) is 11.8 Å². The van der Waals surface area contributed by atoms with Gasteiger partial charge in [0.1, 0.15) is 0 Å². The Labute approximate surface area is 117 Å². The summed E-state index contributed by atoms with van der Waals surface area (Å²) in [5.41, 5.74) is 3.60. The second-order valence-electron chi connectivity index (χ2n) is 5.95. The number of benzene rings is 2. The van der Waals surface area contributed by atoms with Gasteiger partial charge in [-0.25, -0.2) is 0 Å². The van der Waals surface area contributed by atoms with E-state index in [2.05, 4.69) is 80.0 Å². The molecule has 0 aliphatic carbocycles. The molecule has 2 aromatic rings. The summed E-state index contributed by atoms with van der Waals surface area (Å²) in [5, 5.41) is 0. The van der Waals surface area contributed by atoms with E-state index in [-0.39, 0.29) is 0 Å². The van der Waals surface area contributed by atoms with Crippen LogP contribution in [0.15, 0.2) is 54.6 Å². The Morgan fingerprint density at radius 3 is 2.16 bits per heavy atom. The van der Waals surface area contributed by atoms with Crippen LogP contribution >= 0.6 is 0 Å². The van der Waals surface area contributed by atoms with Crippen molar-refractivity contribution in [2.45, 2.75) is 25.7 Å². The Morgan fingerprint density at radius 2 is 1.47 bits per heavy atom. The van der Waals surface area contributed by atoms with E-state index in [0.717, 1.165) is 11.6 Å². The Kier molecular flexibility index (Phi) is 4.24. The molecule has 0 saturated carbocycles. The zero-order valence-electron chi connectivity index (χ0n) is 11.9. The van der Waals surface area contributed by atoms with Crippen molar-refractivity contribution < 1.29 is 0 Å². The molecule has 0 fully saturated rings. The maximum atomic E-state index is 3.36. The molecule has 0 N–H and O–H groups in total. The van der Waals surface area contributed by atoms with Gasteiger partial charge < -0.3 is 0 Å². The van der Waals surface area contributed by atoms with Crippen molar-refractivity contribution in [2.75, 3.05) is 0 Å². The fourth-order valence-corrected chi connectivity index (χ4v) is 2.48. The zero-order valence-corrected chi connectivity index (χ0v) is 12.9. The molecule has 0 aliphatic heterocycles. The van der Waals surface area contributed by atoms with Crippen molar-refractivity contribution in [2.24, 2.45) is 0 Å². The second-order valence-corrected chi connectivity index (χ2v) is 11.4. The van der Waals surface area contributed by atoms with E-state index in [9.17, 15) is 0 Å². The predicted octanol–water partition coefficient (Wildman–Crippen LogP) is 5.04. The van der Waals surface area contributed by atoms with Crippen molar-refractivity contribution in [3.63, 3.8) is 0 Å². The summed E-state index contributed by atoms with van der Waals surface area (Å²) in [6.07, 6.45) is 0. The molecule has 19 heavy (non-hydrogen) atoms. The Morgan fingerprint density at radius 1 is 0.842 bits per heavy atom. The molecule has 1 heteroatoms. The Bertz CT molecular complexity index is 595. The van der Waals surface area contributed by atoms with Gasteiger partial charge in [0.05, 0.1) is 8.07 Å². The van der Waals surface area contributed by atoms with Gasteiger partial charge in [-0.2, -0.15) is 0 Å². The summed E-state index contributed by atoms with van der Waals surface area (Å²) in [5.74, 6) is 6.72. The molecule has 2 rings (SSSR count). The highest BCUT2D eigenvalue weighted by Crippen LogP contribution is 2.22. The highest BCUT2D eigenvalue weighted by Gasteiger charge is 2.10. The van der Waals surface area contributed by atoms with Gasteiger partial charge >= 0.3 is 0 Å². The van der Waals surface area contributed by atoms with Crippen LogP contribution in [0.5, 0.6) is 0 Å². The number of hydrogen-bond donors (Lipinski definition) is 0.